The number of esters is 1. The van der Waals surface area contributed by atoms with E-state index in [4.69, 9.17) is 4.74 Å². The lowest BCUT2D eigenvalue weighted by Crippen LogP contribution is -2.42. The number of rotatable bonds is 3. The maximum absolute atomic E-state index is 11.5. The van der Waals surface area contributed by atoms with Gasteiger partial charge in [-0.3, -0.25) is 0 Å². The second kappa shape index (κ2) is 7.03. The molecule has 1 aliphatic carbocycles. The fourth-order valence-electron chi connectivity index (χ4n) is 1.93. The minimum Gasteiger partial charge on any atom is -0.463 e. The lowest BCUT2D eigenvalue weighted by molar-refractivity contribution is -0.137. The quantitative estimate of drug-likeness (QED) is 0.616. The van der Waals surface area contributed by atoms with E-state index >= 15 is 0 Å². The highest BCUT2D eigenvalue weighted by molar-refractivity contribution is 5.82. The van der Waals surface area contributed by atoms with E-state index in [9.17, 15) is 9.59 Å². The molecule has 102 valence electrons. The third-order valence-corrected chi connectivity index (χ3v) is 2.97. The number of amides is 2. The molecule has 0 heterocycles. The van der Waals surface area contributed by atoms with Crippen LogP contribution in [0.5, 0.6) is 0 Å². The molecule has 0 radical (unpaired) electrons. The number of ether oxygens (including phenoxy) is 1. The molecular formula is C13H22N2O3. The van der Waals surface area contributed by atoms with Gasteiger partial charge in [-0.15, -0.1) is 0 Å². The Labute approximate surface area is 108 Å². The molecule has 0 aromatic rings. The smallest absolute Gasteiger partial charge is 0.330 e. The maximum atomic E-state index is 11.5. The van der Waals surface area contributed by atoms with Crippen LogP contribution in [0.2, 0.25) is 0 Å². The van der Waals surface area contributed by atoms with E-state index in [-0.39, 0.29) is 18.0 Å². The Balaban J connectivity index is 2.37. The van der Waals surface area contributed by atoms with Gasteiger partial charge in [0.2, 0.25) is 0 Å². The van der Waals surface area contributed by atoms with Crippen molar-refractivity contribution in [3.8, 4) is 0 Å². The zero-order valence-corrected chi connectivity index (χ0v) is 11.4. The summed E-state index contributed by atoms with van der Waals surface area (Å²) in [5.41, 5.74) is 1.11. The van der Waals surface area contributed by atoms with Crippen molar-refractivity contribution in [2.45, 2.75) is 38.6 Å². The number of carbonyl (C=O) groups is 2. The van der Waals surface area contributed by atoms with E-state index < -0.39 is 0 Å². The van der Waals surface area contributed by atoms with E-state index in [1.165, 1.54) is 4.90 Å². The Bertz CT molecular complexity index is 327. The molecule has 0 saturated heterocycles. The zero-order valence-electron chi connectivity index (χ0n) is 11.4. The van der Waals surface area contributed by atoms with Crippen LogP contribution in [0.15, 0.2) is 11.6 Å². The highest BCUT2D eigenvalue weighted by Gasteiger charge is 2.19. The topological polar surface area (TPSA) is 58.6 Å². The molecule has 0 aliphatic heterocycles. The summed E-state index contributed by atoms with van der Waals surface area (Å²) in [6.07, 6.45) is 5.04. The summed E-state index contributed by atoms with van der Waals surface area (Å²) in [6.45, 7) is 2.20. The largest absolute Gasteiger partial charge is 0.463 e. The minimum atomic E-state index is -0.261. The van der Waals surface area contributed by atoms with E-state index in [1.54, 1.807) is 27.1 Å². The first kappa shape index (κ1) is 14.5. The van der Waals surface area contributed by atoms with Crippen LogP contribution in [-0.2, 0) is 9.53 Å². The molecule has 0 bridgehead atoms. The number of carbonyl (C=O) groups excluding carboxylic acids is 2. The average Bonchev–Trinajstić information content (AvgIpc) is 2.31. The van der Waals surface area contributed by atoms with Gasteiger partial charge in [-0.2, -0.15) is 0 Å². The first-order valence-corrected chi connectivity index (χ1v) is 6.37. The van der Waals surface area contributed by atoms with Crippen LogP contribution < -0.4 is 5.32 Å². The van der Waals surface area contributed by atoms with Crippen LogP contribution in [0.3, 0.4) is 0 Å². The van der Waals surface area contributed by atoms with Crippen LogP contribution in [-0.4, -0.2) is 43.6 Å². The monoisotopic (exact) mass is 254 g/mol. The summed E-state index contributed by atoms with van der Waals surface area (Å²) < 4.78 is 4.88. The fraction of sp³-hybridized carbons (Fsp3) is 0.692. The van der Waals surface area contributed by atoms with Crippen LogP contribution in [0.4, 0.5) is 4.79 Å². The first-order chi connectivity index (χ1) is 8.52. The predicted molar refractivity (Wildman–Crippen MR) is 69.2 cm³/mol. The normalized spacial score (nSPS) is 19.1. The maximum Gasteiger partial charge on any atom is 0.330 e. The lowest BCUT2D eigenvalue weighted by Gasteiger charge is -2.26. The zero-order chi connectivity index (χ0) is 13.5. The Hall–Kier alpha value is -1.52. The Morgan fingerprint density at radius 1 is 1.39 bits per heavy atom. The van der Waals surface area contributed by atoms with Crippen molar-refractivity contribution in [3.05, 3.63) is 11.6 Å². The number of hydrogen-bond donors (Lipinski definition) is 1. The van der Waals surface area contributed by atoms with Crippen molar-refractivity contribution in [1.82, 2.24) is 10.2 Å². The van der Waals surface area contributed by atoms with Gasteiger partial charge < -0.3 is 15.0 Å². The standard InChI is InChI=1S/C13H22N2O3/c1-4-18-12(16)9-10-5-7-11(8-6-10)14-13(17)15(2)3/h9,11H,4-8H2,1-3H3,(H,14,17). The Morgan fingerprint density at radius 3 is 2.50 bits per heavy atom. The number of nitrogens with one attached hydrogen (secondary N) is 1. The molecule has 1 aliphatic rings. The third-order valence-electron chi connectivity index (χ3n) is 2.97. The van der Waals surface area contributed by atoms with Gasteiger partial charge in [-0.25, -0.2) is 9.59 Å². The van der Waals surface area contributed by atoms with Crippen LogP contribution in [0.1, 0.15) is 32.6 Å². The molecule has 1 N–H and O–H groups in total. The van der Waals surface area contributed by atoms with E-state index in [2.05, 4.69) is 5.32 Å². The average molecular weight is 254 g/mol. The van der Waals surface area contributed by atoms with Gasteiger partial charge in [0.25, 0.3) is 0 Å². The number of nitrogens with zero attached hydrogens (tertiary/aromatic N) is 1. The predicted octanol–water partition coefficient (Wildman–Crippen LogP) is 1.69. The molecule has 18 heavy (non-hydrogen) atoms. The molecule has 0 aromatic heterocycles. The van der Waals surface area contributed by atoms with Gasteiger partial charge in [0, 0.05) is 26.2 Å². The second-order valence-electron chi connectivity index (χ2n) is 4.67. The SMILES string of the molecule is CCOC(=O)C=C1CCC(NC(=O)N(C)C)CC1. The van der Waals surface area contributed by atoms with E-state index in [0.717, 1.165) is 31.3 Å². The highest BCUT2D eigenvalue weighted by atomic mass is 16.5. The molecule has 5 nitrogen and oxygen atoms in total. The molecule has 1 rings (SSSR count). The second-order valence-corrected chi connectivity index (χ2v) is 4.67. The number of urea groups is 1. The van der Waals surface area contributed by atoms with Gasteiger partial charge in [0.15, 0.2) is 0 Å². The molecule has 0 spiro atoms. The van der Waals surface area contributed by atoms with Crippen molar-refractivity contribution in [1.29, 1.82) is 0 Å². The molecular weight excluding hydrogens is 232 g/mol. The molecule has 0 aromatic carbocycles. The Morgan fingerprint density at radius 2 is 2.00 bits per heavy atom. The highest BCUT2D eigenvalue weighted by Crippen LogP contribution is 2.23. The van der Waals surface area contributed by atoms with Crippen LogP contribution in [0.25, 0.3) is 0 Å². The number of hydrogen-bond acceptors (Lipinski definition) is 3. The summed E-state index contributed by atoms with van der Waals surface area (Å²) in [6, 6.07) is 0.150. The molecule has 2 amide bonds. The third kappa shape index (κ3) is 4.77. The van der Waals surface area contributed by atoms with Crippen molar-refractivity contribution in [2.24, 2.45) is 0 Å². The van der Waals surface area contributed by atoms with Gasteiger partial charge in [0.1, 0.15) is 0 Å². The van der Waals surface area contributed by atoms with Crippen molar-refractivity contribution < 1.29 is 14.3 Å². The summed E-state index contributed by atoms with van der Waals surface area (Å²) in [4.78, 5) is 24.3. The van der Waals surface area contributed by atoms with E-state index in [0.29, 0.717) is 6.61 Å². The lowest BCUT2D eigenvalue weighted by atomic mass is 9.90. The molecule has 1 saturated carbocycles. The Kier molecular flexibility index (Phi) is 5.68. The van der Waals surface area contributed by atoms with Gasteiger partial charge in [-0.05, 0) is 32.6 Å². The van der Waals surface area contributed by atoms with Gasteiger partial charge >= 0.3 is 12.0 Å². The molecule has 5 heteroatoms. The van der Waals surface area contributed by atoms with Gasteiger partial charge in [-0.1, -0.05) is 5.57 Å². The van der Waals surface area contributed by atoms with Crippen molar-refractivity contribution in [3.63, 3.8) is 0 Å². The fourth-order valence-corrected chi connectivity index (χ4v) is 1.93. The molecule has 0 unspecified atom stereocenters. The minimum absolute atomic E-state index is 0.0576. The summed E-state index contributed by atoms with van der Waals surface area (Å²) in [5.74, 6) is -0.261. The summed E-state index contributed by atoms with van der Waals surface area (Å²) in [7, 11) is 3.45. The summed E-state index contributed by atoms with van der Waals surface area (Å²) >= 11 is 0. The van der Waals surface area contributed by atoms with Crippen molar-refractivity contribution >= 4 is 12.0 Å². The number of allylic oxidation sites excluding steroid dienone is 1. The van der Waals surface area contributed by atoms with Gasteiger partial charge in [0.05, 0.1) is 6.61 Å². The summed E-state index contributed by atoms with van der Waals surface area (Å²) in [5, 5.41) is 2.96. The first-order valence-electron chi connectivity index (χ1n) is 6.37. The van der Waals surface area contributed by atoms with Crippen molar-refractivity contribution in [2.75, 3.05) is 20.7 Å². The molecule has 1 fully saturated rings. The van der Waals surface area contributed by atoms with E-state index in [1.807, 2.05) is 0 Å². The van der Waals surface area contributed by atoms with Crippen LogP contribution >= 0.6 is 0 Å². The van der Waals surface area contributed by atoms with Crippen LogP contribution in [0, 0.1) is 0 Å². The molecule has 0 atom stereocenters.